The first-order valence-corrected chi connectivity index (χ1v) is 2.88. The normalized spacial score (nSPS) is 9.88. The van der Waals surface area contributed by atoms with Gasteiger partial charge in [-0.3, -0.25) is 0 Å². The van der Waals surface area contributed by atoms with Crippen molar-refractivity contribution in [3.05, 3.63) is 21.9 Å². The van der Waals surface area contributed by atoms with Crippen molar-refractivity contribution in [2.75, 3.05) is 0 Å². The fourth-order valence-corrected chi connectivity index (χ4v) is 0.725. The third-order valence-corrected chi connectivity index (χ3v) is 1.70. The summed E-state index contributed by atoms with van der Waals surface area (Å²) in [4.78, 5) is 2.65. The van der Waals surface area contributed by atoms with Crippen molar-refractivity contribution in [1.29, 1.82) is 0 Å². The molecule has 0 amide bonds. The number of hydrogen-bond donors (Lipinski definition) is 1. The molecule has 0 bridgehead atoms. The maximum absolute atomic E-state index is 5.56. The Bertz CT molecular complexity index is 173. The summed E-state index contributed by atoms with van der Waals surface area (Å²) in [6, 6.07) is 0. The summed E-state index contributed by atoms with van der Waals surface area (Å²) in [5, 5.41) is 1.13. The largest absolute Gasteiger partial charge is 0.343 e. The Labute approximate surface area is 57.6 Å². The molecule has 1 aromatic heterocycles. The highest BCUT2D eigenvalue weighted by atomic mass is 35.5. The van der Waals surface area contributed by atoms with E-state index in [-0.39, 0.29) is 0 Å². The van der Waals surface area contributed by atoms with Gasteiger partial charge in [0.05, 0.1) is 11.2 Å². The molecule has 0 atom stereocenters. The zero-order valence-corrected chi connectivity index (χ0v) is 5.77. The number of hydrogen-bond acceptors (Lipinski definition) is 0. The highest BCUT2D eigenvalue weighted by molar-refractivity contribution is 6.35. The number of aromatic nitrogens is 1. The van der Waals surface area contributed by atoms with Gasteiger partial charge >= 0.3 is 0 Å². The minimum atomic E-state index is 0.565. The molecule has 1 nitrogen and oxygen atoms in total. The molecule has 0 aromatic carbocycles. The summed E-state index contributed by atoms with van der Waals surface area (Å²) >= 11 is 11.1. The number of rotatable bonds is 0. The molecule has 0 saturated heterocycles. The Kier molecular flexibility index (Phi) is 1.49. The number of nitrogens with one attached hydrogen (secondary N) is 1. The highest BCUT2D eigenvalue weighted by Gasteiger charge is 1.99. The molecule has 0 saturated carbocycles. The van der Waals surface area contributed by atoms with Crippen LogP contribution < -0.4 is 0 Å². The van der Waals surface area contributed by atoms with Gasteiger partial charge in [0.25, 0.3) is 0 Å². The van der Waals surface area contributed by atoms with Crippen LogP contribution in [0.15, 0.2) is 0 Å². The lowest BCUT2D eigenvalue weighted by Gasteiger charge is -1.82. The van der Waals surface area contributed by atoms with Gasteiger partial charge in [0.15, 0.2) is 0 Å². The highest BCUT2D eigenvalue weighted by Crippen LogP contribution is 2.20. The summed E-state index contributed by atoms with van der Waals surface area (Å²) in [6.45, 7) is 1.83. The summed E-state index contributed by atoms with van der Waals surface area (Å²) in [5.74, 6) is 0. The number of H-pyrrole nitrogens is 1. The molecule has 0 unspecified atom stereocenters. The average Bonchev–Trinajstić information content (AvgIpc) is 1.98. The van der Waals surface area contributed by atoms with Crippen LogP contribution in [0.5, 0.6) is 0 Å². The van der Waals surface area contributed by atoms with E-state index in [4.69, 9.17) is 23.2 Å². The molecule has 0 fully saturated rings. The van der Waals surface area contributed by atoms with Crippen LogP contribution in [0.3, 0.4) is 0 Å². The van der Waals surface area contributed by atoms with Gasteiger partial charge in [0, 0.05) is 5.56 Å². The van der Waals surface area contributed by atoms with Gasteiger partial charge in [-0.15, -0.1) is 0 Å². The van der Waals surface area contributed by atoms with E-state index in [1.165, 1.54) is 0 Å². The van der Waals surface area contributed by atoms with Gasteiger partial charge in [-0.05, 0) is 6.92 Å². The van der Waals surface area contributed by atoms with E-state index in [1.807, 2.05) is 6.92 Å². The third-order valence-electron chi connectivity index (χ3n) is 0.940. The second kappa shape index (κ2) is 2.00. The lowest BCUT2D eigenvalue weighted by atomic mass is 10.4. The molecular weight excluding hydrogens is 145 g/mol. The van der Waals surface area contributed by atoms with E-state index in [2.05, 4.69) is 11.2 Å². The molecule has 1 aromatic rings. The van der Waals surface area contributed by atoms with Crippen molar-refractivity contribution < 1.29 is 0 Å². The van der Waals surface area contributed by atoms with Crippen molar-refractivity contribution >= 4 is 23.2 Å². The van der Waals surface area contributed by atoms with Crippen molar-refractivity contribution in [3.63, 3.8) is 0 Å². The summed E-state index contributed by atoms with van der Waals surface area (Å²) in [5.41, 5.74) is 0.855. The van der Waals surface area contributed by atoms with Crippen molar-refractivity contribution in [1.82, 2.24) is 4.98 Å². The molecule has 3 heteroatoms. The Morgan fingerprint density at radius 3 is 2.25 bits per heavy atom. The van der Waals surface area contributed by atoms with Gasteiger partial charge in [-0.1, -0.05) is 23.2 Å². The standard InChI is InChI=1S/C5H4Cl2N/c1-3-4(6)2-8-5(3)7/h8H,1H3. The Hall–Kier alpha value is -0.140. The summed E-state index contributed by atoms with van der Waals surface area (Å²) in [7, 11) is 0. The molecule has 1 N–H and O–H groups in total. The van der Waals surface area contributed by atoms with E-state index in [0.717, 1.165) is 5.56 Å². The maximum Gasteiger partial charge on any atom is 0.111 e. The lowest BCUT2D eigenvalue weighted by molar-refractivity contribution is 1.37. The second-order valence-corrected chi connectivity index (χ2v) is 2.26. The minimum absolute atomic E-state index is 0.565. The summed E-state index contributed by atoms with van der Waals surface area (Å²) in [6.07, 6.45) is 2.65. The maximum atomic E-state index is 5.56. The Morgan fingerprint density at radius 2 is 2.12 bits per heavy atom. The van der Waals surface area contributed by atoms with Gasteiger partial charge in [-0.2, -0.15) is 0 Å². The van der Waals surface area contributed by atoms with Crippen LogP contribution >= 0.6 is 23.2 Å². The molecule has 0 aliphatic carbocycles. The molecule has 0 aliphatic heterocycles. The number of halogens is 2. The first-order valence-electron chi connectivity index (χ1n) is 2.13. The minimum Gasteiger partial charge on any atom is -0.343 e. The molecule has 1 rings (SSSR count). The van der Waals surface area contributed by atoms with E-state index in [1.54, 1.807) is 0 Å². The molecule has 0 aliphatic rings. The Morgan fingerprint density at radius 1 is 1.50 bits per heavy atom. The van der Waals surface area contributed by atoms with Crippen molar-refractivity contribution in [3.8, 4) is 0 Å². The van der Waals surface area contributed by atoms with Crippen LogP contribution in [0, 0.1) is 13.1 Å². The van der Waals surface area contributed by atoms with Gasteiger partial charge in [-0.25, -0.2) is 0 Å². The van der Waals surface area contributed by atoms with Crippen molar-refractivity contribution in [2.45, 2.75) is 6.92 Å². The molecule has 0 spiro atoms. The molecule has 8 heavy (non-hydrogen) atoms. The molecule has 43 valence electrons. The van der Waals surface area contributed by atoms with Gasteiger partial charge < -0.3 is 4.98 Å². The van der Waals surface area contributed by atoms with Crippen LogP contribution in [0.2, 0.25) is 10.2 Å². The van der Waals surface area contributed by atoms with Crippen LogP contribution in [0.25, 0.3) is 0 Å². The van der Waals surface area contributed by atoms with Crippen LogP contribution in [-0.2, 0) is 0 Å². The quantitative estimate of drug-likeness (QED) is 0.582. The van der Waals surface area contributed by atoms with Crippen LogP contribution in [-0.4, -0.2) is 4.98 Å². The number of aromatic amines is 1. The first kappa shape index (κ1) is 5.99. The fraction of sp³-hybridized carbons (Fsp3) is 0.200. The van der Waals surface area contributed by atoms with E-state index >= 15 is 0 Å². The fourth-order valence-electron chi connectivity index (χ4n) is 0.394. The van der Waals surface area contributed by atoms with Gasteiger partial charge in [0.2, 0.25) is 0 Å². The smallest absolute Gasteiger partial charge is 0.111 e. The third kappa shape index (κ3) is 0.837. The van der Waals surface area contributed by atoms with Crippen molar-refractivity contribution in [2.24, 2.45) is 0 Å². The van der Waals surface area contributed by atoms with E-state index in [9.17, 15) is 0 Å². The lowest BCUT2D eigenvalue weighted by Crippen LogP contribution is -1.63. The summed E-state index contributed by atoms with van der Waals surface area (Å²) < 4.78 is 0. The topological polar surface area (TPSA) is 15.8 Å². The van der Waals surface area contributed by atoms with E-state index < -0.39 is 0 Å². The average molecular weight is 149 g/mol. The van der Waals surface area contributed by atoms with Crippen LogP contribution in [0.1, 0.15) is 5.56 Å². The molecule has 1 heterocycles. The monoisotopic (exact) mass is 148 g/mol. The second-order valence-electron chi connectivity index (χ2n) is 1.50. The Balaban J connectivity index is 3.19. The first-order chi connectivity index (χ1) is 3.72. The van der Waals surface area contributed by atoms with Crippen LogP contribution in [0.4, 0.5) is 0 Å². The molecule has 1 radical (unpaired) electrons. The van der Waals surface area contributed by atoms with Gasteiger partial charge in [0.1, 0.15) is 5.15 Å². The zero-order chi connectivity index (χ0) is 6.15. The zero-order valence-electron chi connectivity index (χ0n) is 4.26. The molecular formula is C5H4Cl2N. The predicted molar refractivity (Wildman–Crippen MR) is 34.4 cm³/mol. The SMILES string of the molecule is Cc1c(Cl)[c][nH]c1Cl. The predicted octanol–water partition coefficient (Wildman–Crippen LogP) is 2.43. The van der Waals surface area contributed by atoms with E-state index in [0.29, 0.717) is 10.2 Å².